The molecule has 3 aromatic rings. The van der Waals surface area contributed by atoms with E-state index in [1.54, 1.807) is 6.92 Å². The summed E-state index contributed by atoms with van der Waals surface area (Å²) in [5, 5.41) is 23.9. The maximum Gasteiger partial charge on any atom is 0.144 e. The Kier molecular flexibility index (Phi) is 4.41. The standard InChI is InChI=1S/C21H21NO3/c1-5-24-20-12(3)17-16(11-22)21(25-6-2)13(4)19(23)18(17)14-9-7-8-10-15(14)20/h7-10,23H,5-6H2,1-4H3. The highest BCUT2D eigenvalue weighted by Gasteiger charge is 2.23. The Hall–Kier alpha value is -2.93. The maximum absolute atomic E-state index is 10.9. The molecule has 0 aliphatic heterocycles. The van der Waals surface area contributed by atoms with Gasteiger partial charge in [-0.3, -0.25) is 0 Å². The number of hydrogen-bond acceptors (Lipinski definition) is 4. The molecule has 0 aliphatic carbocycles. The molecule has 0 radical (unpaired) electrons. The van der Waals surface area contributed by atoms with E-state index in [0.717, 1.165) is 22.1 Å². The number of benzene rings is 3. The number of nitriles is 1. The number of nitrogens with zero attached hydrogens (tertiary/aromatic N) is 1. The second kappa shape index (κ2) is 6.52. The van der Waals surface area contributed by atoms with Gasteiger partial charge in [0.15, 0.2) is 0 Å². The third-order valence-corrected chi connectivity index (χ3v) is 4.51. The van der Waals surface area contributed by atoms with Crippen LogP contribution in [0.15, 0.2) is 24.3 Å². The van der Waals surface area contributed by atoms with Gasteiger partial charge in [0.05, 0.1) is 13.2 Å². The van der Waals surface area contributed by atoms with E-state index in [0.29, 0.717) is 40.9 Å². The molecule has 0 spiro atoms. The van der Waals surface area contributed by atoms with Gasteiger partial charge in [-0.15, -0.1) is 0 Å². The first kappa shape index (κ1) is 16.9. The Morgan fingerprint density at radius 2 is 1.52 bits per heavy atom. The molecule has 0 bridgehead atoms. The van der Waals surface area contributed by atoms with Gasteiger partial charge in [-0.2, -0.15) is 5.26 Å². The number of phenolic OH excluding ortho intramolecular Hbond substituents is 1. The van der Waals surface area contributed by atoms with E-state index in [1.807, 2.05) is 45.0 Å². The fourth-order valence-electron chi connectivity index (χ4n) is 3.45. The fourth-order valence-corrected chi connectivity index (χ4v) is 3.45. The first-order valence-electron chi connectivity index (χ1n) is 8.42. The summed E-state index contributed by atoms with van der Waals surface area (Å²) >= 11 is 0. The second-order valence-electron chi connectivity index (χ2n) is 5.91. The van der Waals surface area contributed by atoms with Gasteiger partial charge in [0.1, 0.15) is 28.9 Å². The number of ether oxygens (including phenoxy) is 2. The van der Waals surface area contributed by atoms with Crippen LogP contribution in [0, 0.1) is 25.2 Å². The van der Waals surface area contributed by atoms with E-state index in [-0.39, 0.29) is 5.75 Å². The van der Waals surface area contributed by atoms with Crippen LogP contribution < -0.4 is 9.47 Å². The quantitative estimate of drug-likeness (QED) is 0.683. The number of aryl methyl sites for hydroxylation is 1. The molecular formula is C21H21NO3. The van der Waals surface area contributed by atoms with Gasteiger partial charge in [-0.25, -0.2) is 0 Å². The van der Waals surface area contributed by atoms with Gasteiger partial charge in [-0.05, 0) is 33.1 Å². The molecule has 0 amide bonds. The molecule has 1 N–H and O–H groups in total. The third kappa shape index (κ3) is 2.44. The zero-order valence-electron chi connectivity index (χ0n) is 14.9. The Bertz CT molecular complexity index is 1020. The normalized spacial score (nSPS) is 10.8. The molecule has 0 aliphatic rings. The largest absolute Gasteiger partial charge is 0.507 e. The molecule has 0 saturated carbocycles. The fraction of sp³-hybridized carbons (Fsp3) is 0.286. The summed E-state index contributed by atoms with van der Waals surface area (Å²) in [4.78, 5) is 0. The van der Waals surface area contributed by atoms with Crippen LogP contribution >= 0.6 is 0 Å². The lowest BCUT2D eigenvalue weighted by Crippen LogP contribution is -2.02. The summed E-state index contributed by atoms with van der Waals surface area (Å²) in [7, 11) is 0. The van der Waals surface area contributed by atoms with Crippen LogP contribution in [0.2, 0.25) is 0 Å². The second-order valence-corrected chi connectivity index (χ2v) is 5.91. The van der Waals surface area contributed by atoms with Crippen LogP contribution in [0.4, 0.5) is 0 Å². The molecule has 0 unspecified atom stereocenters. The maximum atomic E-state index is 10.9. The predicted octanol–water partition coefficient (Wildman–Crippen LogP) is 4.98. The van der Waals surface area contributed by atoms with Crippen LogP contribution in [-0.2, 0) is 0 Å². The zero-order valence-corrected chi connectivity index (χ0v) is 14.9. The van der Waals surface area contributed by atoms with Crippen molar-refractivity contribution in [2.75, 3.05) is 13.2 Å². The lowest BCUT2D eigenvalue weighted by Gasteiger charge is -2.20. The monoisotopic (exact) mass is 335 g/mol. The van der Waals surface area contributed by atoms with Crippen molar-refractivity contribution in [2.24, 2.45) is 0 Å². The molecule has 3 aromatic carbocycles. The molecule has 4 heteroatoms. The Morgan fingerprint density at radius 3 is 2.12 bits per heavy atom. The minimum atomic E-state index is 0.153. The van der Waals surface area contributed by atoms with Crippen molar-refractivity contribution in [1.29, 1.82) is 5.26 Å². The van der Waals surface area contributed by atoms with E-state index in [1.165, 1.54) is 0 Å². The summed E-state index contributed by atoms with van der Waals surface area (Å²) < 4.78 is 11.6. The highest BCUT2D eigenvalue weighted by molar-refractivity contribution is 6.17. The third-order valence-electron chi connectivity index (χ3n) is 4.51. The van der Waals surface area contributed by atoms with Crippen LogP contribution in [0.5, 0.6) is 17.2 Å². The van der Waals surface area contributed by atoms with Gasteiger partial charge in [-0.1, -0.05) is 24.3 Å². The molecule has 0 atom stereocenters. The van der Waals surface area contributed by atoms with Crippen molar-refractivity contribution in [3.05, 3.63) is 41.0 Å². The number of aromatic hydroxyl groups is 1. The Labute approximate surface area is 147 Å². The van der Waals surface area contributed by atoms with Gasteiger partial charge in [0.25, 0.3) is 0 Å². The molecule has 0 saturated heterocycles. The minimum absolute atomic E-state index is 0.153. The average Bonchev–Trinajstić information content (AvgIpc) is 2.62. The summed E-state index contributed by atoms with van der Waals surface area (Å²) in [5.74, 6) is 1.34. The topological polar surface area (TPSA) is 62.5 Å². The first-order valence-corrected chi connectivity index (χ1v) is 8.42. The number of phenols is 1. The summed E-state index contributed by atoms with van der Waals surface area (Å²) in [6.45, 7) is 8.44. The summed E-state index contributed by atoms with van der Waals surface area (Å²) in [6.07, 6.45) is 0. The molecule has 0 aromatic heterocycles. The lowest BCUT2D eigenvalue weighted by atomic mass is 9.90. The smallest absolute Gasteiger partial charge is 0.144 e. The van der Waals surface area contributed by atoms with E-state index in [9.17, 15) is 10.4 Å². The van der Waals surface area contributed by atoms with Crippen molar-refractivity contribution in [2.45, 2.75) is 27.7 Å². The van der Waals surface area contributed by atoms with E-state index in [4.69, 9.17) is 9.47 Å². The molecule has 128 valence electrons. The predicted molar refractivity (Wildman–Crippen MR) is 99.6 cm³/mol. The molecule has 25 heavy (non-hydrogen) atoms. The molecule has 3 rings (SSSR count). The van der Waals surface area contributed by atoms with Crippen molar-refractivity contribution in [3.63, 3.8) is 0 Å². The van der Waals surface area contributed by atoms with Crippen molar-refractivity contribution in [3.8, 4) is 23.3 Å². The first-order chi connectivity index (χ1) is 12.1. The Morgan fingerprint density at radius 1 is 0.920 bits per heavy atom. The van der Waals surface area contributed by atoms with Gasteiger partial charge >= 0.3 is 0 Å². The van der Waals surface area contributed by atoms with Crippen LogP contribution in [0.1, 0.15) is 30.5 Å². The molecular weight excluding hydrogens is 314 g/mol. The van der Waals surface area contributed by atoms with Gasteiger partial charge in [0.2, 0.25) is 0 Å². The van der Waals surface area contributed by atoms with Crippen LogP contribution in [0.25, 0.3) is 21.5 Å². The van der Waals surface area contributed by atoms with Crippen molar-refractivity contribution in [1.82, 2.24) is 0 Å². The zero-order chi connectivity index (χ0) is 18.1. The van der Waals surface area contributed by atoms with E-state index >= 15 is 0 Å². The van der Waals surface area contributed by atoms with Crippen LogP contribution in [0.3, 0.4) is 0 Å². The van der Waals surface area contributed by atoms with Gasteiger partial charge < -0.3 is 14.6 Å². The summed E-state index contributed by atoms with van der Waals surface area (Å²) in [5.41, 5.74) is 1.86. The van der Waals surface area contributed by atoms with E-state index in [2.05, 4.69) is 6.07 Å². The van der Waals surface area contributed by atoms with Gasteiger partial charge in [0, 0.05) is 27.3 Å². The number of fused-ring (bicyclic) bond motifs is 3. The van der Waals surface area contributed by atoms with Crippen molar-refractivity contribution >= 4 is 21.5 Å². The van der Waals surface area contributed by atoms with E-state index < -0.39 is 0 Å². The summed E-state index contributed by atoms with van der Waals surface area (Å²) in [6, 6.07) is 10.1. The lowest BCUT2D eigenvalue weighted by molar-refractivity contribution is 0.334. The highest BCUT2D eigenvalue weighted by Crippen LogP contribution is 2.47. The highest BCUT2D eigenvalue weighted by atomic mass is 16.5. The molecule has 0 heterocycles. The minimum Gasteiger partial charge on any atom is -0.507 e. The van der Waals surface area contributed by atoms with Crippen molar-refractivity contribution < 1.29 is 14.6 Å². The molecule has 4 nitrogen and oxygen atoms in total. The van der Waals surface area contributed by atoms with Crippen LogP contribution in [-0.4, -0.2) is 18.3 Å². The number of hydrogen-bond donors (Lipinski definition) is 1. The SMILES string of the molecule is CCOc1c(C)c(O)c2c(c(C)c(OCC)c3ccccc32)c1C#N. The average molecular weight is 335 g/mol. The number of rotatable bonds is 4. The Balaban J connectivity index is 2.65. The molecule has 0 fully saturated rings.